The van der Waals surface area contributed by atoms with Crippen molar-refractivity contribution in [2.24, 2.45) is 5.92 Å². The van der Waals surface area contributed by atoms with Gasteiger partial charge in [0.1, 0.15) is 5.60 Å². The fourth-order valence-corrected chi connectivity index (χ4v) is 3.60. The van der Waals surface area contributed by atoms with Crippen molar-refractivity contribution in [2.45, 2.75) is 52.7 Å². The van der Waals surface area contributed by atoms with Crippen LogP contribution in [0.5, 0.6) is 0 Å². The molecule has 0 spiro atoms. The maximum Gasteiger partial charge on any atom is 0.410 e. The Kier molecular flexibility index (Phi) is 5.81. The average Bonchev–Trinajstić information content (AvgIpc) is 3.36. The maximum absolute atomic E-state index is 12.7. The summed E-state index contributed by atoms with van der Waals surface area (Å²) in [4.78, 5) is 30.9. The first-order valence-corrected chi connectivity index (χ1v) is 10.6. The highest BCUT2D eigenvalue weighted by Crippen LogP contribution is 2.21. The number of aromatic nitrogens is 5. The number of fused-ring (bicyclic) bond motifs is 1. The Bertz CT molecular complexity index is 1130. The molecule has 1 atom stereocenters. The first-order chi connectivity index (χ1) is 15.2. The molecule has 0 radical (unpaired) electrons. The largest absolute Gasteiger partial charge is 0.444 e. The van der Waals surface area contributed by atoms with Crippen molar-refractivity contribution >= 4 is 17.6 Å². The maximum atomic E-state index is 12.7. The highest BCUT2D eigenvalue weighted by Gasteiger charge is 2.31. The van der Waals surface area contributed by atoms with Crippen molar-refractivity contribution in [1.82, 2.24) is 35.0 Å². The van der Waals surface area contributed by atoms with Gasteiger partial charge in [-0.2, -0.15) is 4.98 Å². The van der Waals surface area contributed by atoms with Crippen LogP contribution in [-0.4, -0.2) is 60.3 Å². The van der Waals surface area contributed by atoms with E-state index in [-0.39, 0.29) is 24.5 Å². The number of piperidine rings is 1. The molecule has 0 saturated carbocycles. The number of aryl methyl sites for hydroxylation is 1. The summed E-state index contributed by atoms with van der Waals surface area (Å²) in [7, 11) is 0. The van der Waals surface area contributed by atoms with Crippen LogP contribution in [0.4, 0.5) is 4.79 Å². The molecule has 11 heteroatoms. The van der Waals surface area contributed by atoms with E-state index in [1.807, 2.05) is 26.8 Å². The Morgan fingerprint density at radius 3 is 2.84 bits per heavy atom. The molecule has 4 rings (SSSR count). The third-order valence-electron chi connectivity index (χ3n) is 5.12. The average molecular weight is 441 g/mol. The predicted octanol–water partition coefficient (Wildman–Crippen LogP) is 2.35. The molecule has 1 aliphatic heterocycles. The molecule has 1 saturated heterocycles. The number of hydrogen-bond acceptors (Lipinski definition) is 8. The minimum atomic E-state index is -0.566. The fraction of sp³-hybridized carbons (Fsp3) is 0.524. The summed E-state index contributed by atoms with van der Waals surface area (Å²) in [5, 5.41) is 15.1. The lowest BCUT2D eigenvalue weighted by molar-refractivity contribution is -0.126. The summed E-state index contributed by atoms with van der Waals surface area (Å²) in [5.41, 5.74) is 0.783. The van der Waals surface area contributed by atoms with Crippen LogP contribution in [0.25, 0.3) is 17.1 Å². The van der Waals surface area contributed by atoms with Gasteiger partial charge in [-0.15, -0.1) is 10.2 Å². The van der Waals surface area contributed by atoms with Crippen molar-refractivity contribution in [3.05, 3.63) is 30.0 Å². The Morgan fingerprint density at radius 1 is 1.31 bits per heavy atom. The predicted molar refractivity (Wildman–Crippen MR) is 113 cm³/mol. The van der Waals surface area contributed by atoms with Gasteiger partial charge in [-0.3, -0.25) is 9.20 Å². The van der Waals surface area contributed by atoms with E-state index in [9.17, 15) is 9.59 Å². The molecule has 32 heavy (non-hydrogen) atoms. The molecule has 170 valence electrons. The van der Waals surface area contributed by atoms with Crippen LogP contribution < -0.4 is 5.32 Å². The van der Waals surface area contributed by atoms with Crippen molar-refractivity contribution in [2.75, 3.05) is 13.1 Å². The molecule has 0 aromatic carbocycles. The van der Waals surface area contributed by atoms with E-state index in [2.05, 4.69) is 25.7 Å². The fourth-order valence-electron chi connectivity index (χ4n) is 3.60. The second kappa shape index (κ2) is 8.56. The van der Waals surface area contributed by atoms with Gasteiger partial charge in [0.25, 0.3) is 5.89 Å². The molecule has 1 aliphatic rings. The second-order valence-corrected chi connectivity index (χ2v) is 8.89. The number of carbonyl (C=O) groups is 2. The van der Waals surface area contributed by atoms with Crippen LogP contribution in [0.1, 0.15) is 45.3 Å². The Morgan fingerprint density at radius 2 is 2.12 bits per heavy atom. The third-order valence-corrected chi connectivity index (χ3v) is 5.12. The molecule has 0 aliphatic carbocycles. The van der Waals surface area contributed by atoms with Gasteiger partial charge < -0.3 is 19.5 Å². The summed E-state index contributed by atoms with van der Waals surface area (Å²) >= 11 is 0. The van der Waals surface area contributed by atoms with Gasteiger partial charge in [-0.1, -0.05) is 5.16 Å². The summed E-state index contributed by atoms with van der Waals surface area (Å²) in [6.07, 6.45) is 2.89. The monoisotopic (exact) mass is 441 g/mol. The number of ether oxygens (including phenoxy) is 1. The molecular weight excluding hydrogens is 414 g/mol. The summed E-state index contributed by atoms with van der Waals surface area (Å²) in [5.74, 6) is 1.16. The number of hydrogen-bond donors (Lipinski definition) is 1. The van der Waals surface area contributed by atoms with E-state index in [1.54, 1.807) is 28.5 Å². The number of pyridine rings is 1. The Balaban J connectivity index is 1.38. The lowest BCUT2D eigenvalue weighted by Crippen LogP contribution is -2.47. The molecule has 3 aromatic rings. The molecule has 1 N–H and O–H groups in total. The molecular formula is C21H27N7O4. The van der Waals surface area contributed by atoms with Gasteiger partial charge in [-0.25, -0.2) is 4.79 Å². The van der Waals surface area contributed by atoms with Gasteiger partial charge >= 0.3 is 6.09 Å². The van der Waals surface area contributed by atoms with Crippen molar-refractivity contribution in [3.8, 4) is 11.5 Å². The first-order valence-electron chi connectivity index (χ1n) is 10.6. The van der Waals surface area contributed by atoms with Crippen LogP contribution in [0.15, 0.2) is 22.9 Å². The van der Waals surface area contributed by atoms with Crippen LogP contribution in [-0.2, 0) is 16.1 Å². The van der Waals surface area contributed by atoms with E-state index >= 15 is 0 Å². The topological polar surface area (TPSA) is 128 Å². The molecule has 4 heterocycles. The Hall–Kier alpha value is -3.50. The molecule has 11 nitrogen and oxygen atoms in total. The SMILES string of the molecule is Cc1noc(-c2ccn3c(CNC(=O)[C@@H]4CCCN(C(=O)OC(C)(C)C)C4)nnc3c2)n1. The minimum Gasteiger partial charge on any atom is -0.444 e. The quantitative estimate of drug-likeness (QED) is 0.653. The zero-order valence-corrected chi connectivity index (χ0v) is 18.7. The third kappa shape index (κ3) is 4.87. The van der Waals surface area contributed by atoms with E-state index in [4.69, 9.17) is 9.26 Å². The van der Waals surface area contributed by atoms with E-state index in [1.165, 1.54) is 0 Å². The molecule has 0 unspecified atom stereocenters. The molecule has 1 fully saturated rings. The lowest BCUT2D eigenvalue weighted by Gasteiger charge is -2.33. The molecule has 2 amide bonds. The van der Waals surface area contributed by atoms with Gasteiger partial charge in [0, 0.05) is 24.8 Å². The number of carbonyl (C=O) groups excluding carboxylic acids is 2. The number of nitrogens with zero attached hydrogens (tertiary/aromatic N) is 6. The smallest absolute Gasteiger partial charge is 0.410 e. The van der Waals surface area contributed by atoms with Crippen molar-refractivity contribution < 1.29 is 18.8 Å². The van der Waals surface area contributed by atoms with Gasteiger partial charge in [-0.05, 0) is 52.7 Å². The molecule has 3 aromatic heterocycles. The van der Waals surface area contributed by atoms with Crippen molar-refractivity contribution in [1.29, 1.82) is 0 Å². The van der Waals surface area contributed by atoms with Gasteiger partial charge in [0.15, 0.2) is 17.3 Å². The van der Waals surface area contributed by atoms with Crippen LogP contribution in [0, 0.1) is 12.8 Å². The highest BCUT2D eigenvalue weighted by atomic mass is 16.6. The number of likely N-dealkylation sites (tertiary alicyclic amines) is 1. The standard InChI is InChI=1S/C21H27N7O4/c1-13-23-19(32-26-13)14-7-9-28-16(10-14)24-25-17(28)11-22-18(29)15-6-5-8-27(12-15)20(30)31-21(2,3)4/h7,9-10,15H,5-6,8,11-12H2,1-4H3,(H,22,29)/t15-/m1/s1. The van der Waals surface area contributed by atoms with Crippen LogP contribution in [0.3, 0.4) is 0 Å². The number of nitrogens with one attached hydrogen (secondary N) is 1. The summed E-state index contributed by atoms with van der Waals surface area (Å²) in [6, 6.07) is 3.62. The first kappa shape index (κ1) is 21.7. The number of amides is 2. The Labute approximate surface area is 185 Å². The van der Waals surface area contributed by atoms with Gasteiger partial charge in [0.2, 0.25) is 5.91 Å². The van der Waals surface area contributed by atoms with E-state index in [0.29, 0.717) is 36.3 Å². The summed E-state index contributed by atoms with van der Waals surface area (Å²) < 4.78 is 12.4. The second-order valence-electron chi connectivity index (χ2n) is 8.89. The minimum absolute atomic E-state index is 0.118. The zero-order chi connectivity index (χ0) is 22.9. The zero-order valence-electron chi connectivity index (χ0n) is 18.7. The number of rotatable bonds is 4. The van der Waals surface area contributed by atoms with E-state index < -0.39 is 5.60 Å². The van der Waals surface area contributed by atoms with Crippen LogP contribution >= 0.6 is 0 Å². The summed E-state index contributed by atoms with van der Waals surface area (Å²) in [6.45, 7) is 8.39. The van der Waals surface area contributed by atoms with Gasteiger partial charge in [0.05, 0.1) is 12.5 Å². The normalized spacial score (nSPS) is 16.9. The molecule has 0 bridgehead atoms. The van der Waals surface area contributed by atoms with Crippen molar-refractivity contribution in [3.63, 3.8) is 0 Å². The lowest BCUT2D eigenvalue weighted by atomic mass is 9.97. The van der Waals surface area contributed by atoms with E-state index in [0.717, 1.165) is 18.4 Å². The highest BCUT2D eigenvalue weighted by molar-refractivity contribution is 5.80. The van der Waals surface area contributed by atoms with Crippen LogP contribution in [0.2, 0.25) is 0 Å².